The predicted octanol–water partition coefficient (Wildman–Crippen LogP) is 6.51. The number of aliphatic hydroxyl groups is 1. The number of aliphatic hydroxyl groups excluding tert-OH is 1. The Labute approximate surface area is 212 Å². The molecule has 4 fully saturated rings. The van der Waals surface area contributed by atoms with Crippen LogP contribution in [0.25, 0.3) is 0 Å². The van der Waals surface area contributed by atoms with E-state index in [1.807, 2.05) is 6.08 Å². The van der Waals surface area contributed by atoms with Crippen LogP contribution < -0.4 is 4.90 Å². The molecule has 3 nitrogen and oxygen atoms in total. The first-order valence-corrected chi connectivity index (χ1v) is 14.0. The number of fused-ring (bicyclic) bond motifs is 5. The highest BCUT2D eigenvalue weighted by Gasteiger charge is 2.62. The third kappa shape index (κ3) is 4.07. The summed E-state index contributed by atoms with van der Waals surface area (Å²) in [6, 6.07) is 9.49. The minimum Gasteiger partial charge on any atom is -0.393 e. The molecule has 1 aromatic carbocycles. The second kappa shape index (κ2) is 9.44. The molecule has 3 saturated carbocycles. The number of hydrogen-bond donors (Lipinski definition) is 1. The standard InChI is InChI=1S/C29H39NO2.C3H4/c1-28-14-13-22(31)17-20(28)7-10-23-25-11-12-26(32)29(25,2)18-24(27(23)28)19-5-8-21(9-6-19)30-15-3-4-16-30;1-3-2/h5-6,8-9,17,23-27,32H,3-4,7,10-16,18H2,1-2H3;1H,2H3. The fraction of sp³-hybridized carbons (Fsp3) is 0.656. The van der Waals surface area contributed by atoms with Crippen molar-refractivity contribution in [3.63, 3.8) is 0 Å². The maximum Gasteiger partial charge on any atom is 0.155 e. The van der Waals surface area contributed by atoms with E-state index in [4.69, 9.17) is 0 Å². The lowest BCUT2D eigenvalue weighted by atomic mass is 9.44. The highest BCUT2D eigenvalue weighted by atomic mass is 16.3. The van der Waals surface area contributed by atoms with Crippen molar-refractivity contribution < 1.29 is 9.90 Å². The molecule has 7 atom stereocenters. The molecule has 7 unspecified atom stereocenters. The fourth-order valence-corrected chi connectivity index (χ4v) is 8.95. The van der Waals surface area contributed by atoms with Crippen molar-refractivity contribution in [2.24, 2.45) is 28.6 Å². The smallest absolute Gasteiger partial charge is 0.155 e. The number of carbonyl (C=O) groups is 1. The number of carbonyl (C=O) groups excluding carboxylic acids is 1. The summed E-state index contributed by atoms with van der Waals surface area (Å²) < 4.78 is 0. The van der Waals surface area contributed by atoms with E-state index in [1.54, 1.807) is 6.92 Å². The lowest BCUT2D eigenvalue weighted by Gasteiger charge is -2.61. The van der Waals surface area contributed by atoms with E-state index in [2.05, 4.69) is 55.4 Å². The van der Waals surface area contributed by atoms with E-state index < -0.39 is 0 Å². The summed E-state index contributed by atoms with van der Waals surface area (Å²) in [6.07, 6.45) is 16.2. The molecule has 5 aliphatic rings. The van der Waals surface area contributed by atoms with Crippen LogP contribution in [0.2, 0.25) is 0 Å². The molecule has 3 heteroatoms. The molecule has 1 aromatic rings. The third-order valence-corrected chi connectivity index (χ3v) is 10.7. The third-order valence-electron chi connectivity index (χ3n) is 10.7. The Balaban J connectivity index is 0.000000806. The molecule has 0 radical (unpaired) electrons. The summed E-state index contributed by atoms with van der Waals surface area (Å²) in [5.74, 6) is 4.91. The Morgan fingerprint density at radius 1 is 1.06 bits per heavy atom. The second-order valence-electron chi connectivity index (χ2n) is 12.4. The van der Waals surface area contributed by atoms with Crippen LogP contribution in [0, 0.1) is 40.9 Å². The van der Waals surface area contributed by atoms with Crippen LogP contribution in [0.4, 0.5) is 5.69 Å². The Morgan fingerprint density at radius 3 is 2.43 bits per heavy atom. The summed E-state index contributed by atoms with van der Waals surface area (Å²) in [4.78, 5) is 14.8. The van der Waals surface area contributed by atoms with Gasteiger partial charge < -0.3 is 10.0 Å². The van der Waals surface area contributed by atoms with Crippen molar-refractivity contribution in [2.45, 2.75) is 90.6 Å². The first kappa shape index (κ1) is 24.6. The molecule has 6 rings (SSSR count). The number of rotatable bonds is 2. The zero-order valence-electron chi connectivity index (χ0n) is 21.9. The minimum absolute atomic E-state index is 0.0293. The van der Waals surface area contributed by atoms with Crippen molar-refractivity contribution in [1.29, 1.82) is 0 Å². The van der Waals surface area contributed by atoms with Gasteiger partial charge in [0.25, 0.3) is 0 Å². The quantitative estimate of drug-likeness (QED) is 0.498. The van der Waals surface area contributed by atoms with Crippen molar-refractivity contribution in [3.05, 3.63) is 41.5 Å². The first-order valence-electron chi connectivity index (χ1n) is 14.0. The van der Waals surface area contributed by atoms with Crippen molar-refractivity contribution >= 4 is 11.5 Å². The molecule has 0 spiro atoms. The van der Waals surface area contributed by atoms with Gasteiger partial charge in [-0.15, -0.1) is 12.3 Å². The second-order valence-corrected chi connectivity index (χ2v) is 12.4. The van der Waals surface area contributed by atoms with Crippen LogP contribution in [-0.4, -0.2) is 30.1 Å². The van der Waals surface area contributed by atoms with E-state index in [-0.39, 0.29) is 16.9 Å². The van der Waals surface area contributed by atoms with E-state index >= 15 is 0 Å². The van der Waals surface area contributed by atoms with Gasteiger partial charge >= 0.3 is 0 Å². The highest BCUT2D eigenvalue weighted by Crippen LogP contribution is 2.68. The minimum atomic E-state index is -0.169. The van der Waals surface area contributed by atoms with Gasteiger partial charge in [0, 0.05) is 25.2 Å². The number of nitrogens with zero attached hydrogens (tertiary/aromatic N) is 1. The van der Waals surface area contributed by atoms with Gasteiger partial charge in [0.15, 0.2) is 5.78 Å². The number of allylic oxidation sites excluding steroid dienone is 1. The summed E-state index contributed by atoms with van der Waals surface area (Å²) in [5, 5.41) is 11.1. The van der Waals surface area contributed by atoms with Crippen LogP contribution >= 0.6 is 0 Å². The maximum absolute atomic E-state index is 12.3. The van der Waals surface area contributed by atoms with Crippen LogP contribution in [0.15, 0.2) is 35.9 Å². The van der Waals surface area contributed by atoms with E-state index in [1.165, 1.54) is 55.6 Å². The van der Waals surface area contributed by atoms with E-state index in [9.17, 15) is 9.90 Å². The van der Waals surface area contributed by atoms with Gasteiger partial charge in [-0.05, 0) is 117 Å². The lowest BCUT2D eigenvalue weighted by molar-refractivity contribution is -0.118. The Kier molecular flexibility index (Phi) is 6.64. The van der Waals surface area contributed by atoms with Crippen molar-refractivity contribution in [1.82, 2.24) is 0 Å². The zero-order valence-corrected chi connectivity index (χ0v) is 21.9. The number of terminal acetylenes is 1. The normalized spacial score (nSPS) is 40.0. The first-order chi connectivity index (χ1) is 16.8. The number of hydrogen-bond acceptors (Lipinski definition) is 3. The van der Waals surface area contributed by atoms with Crippen molar-refractivity contribution in [2.75, 3.05) is 18.0 Å². The van der Waals surface area contributed by atoms with E-state index in [0.717, 1.165) is 25.7 Å². The van der Waals surface area contributed by atoms with Gasteiger partial charge in [-0.2, -0.15) is 0 Å². The van der Waals surface area contributed by atoms with E-state index in [0.29, 0.717) is 35.9 Å². The van der Waals surface area contributed by atoms with Crippen LogP contribution in [0.1, 0.15) is 90.0 Å². The molecule has 35 heavy (non-hydrogen) atoms. The van der Waals surface area contributed by atoms with Gasteiger partial charge in [-0.3, -0.25) is 4.79 Å². The molecule has 0 bridgehead atoms. The molecule has 1 heterocycles. The molecule has 1 saturated heterocycles. The van der Waals surface area contributed by atoms with Crippen LogP contribution in [0.3, 0.4) is 0 Å². The maximum atomic E-state index is 12.3. The zero-order chi connectivity index (χ0) is 24.8. The predicted molar refractivity (Wildman–Crippen MR) is 143 cm³/mol. The number of ketones is 1. The molecule has 188 valence electrons. The molecule has 1 aliphatic heterocycles. The van der Waals surface area contributed by atoms with Gasteiger partial charge in [-0.1, -0.05) is 31.6 Å². The van der Waals surface area contributed by atoms with Gasteiger partial charge in [0.05, 0.1) is 6.10 Å². The molecule has 1 N–H and O–H groups in total. The highest BCUT2D eigenvalue weighted by molar-refractivity contribution is 5.91. The lowest BCUT2D eigenvalue weighted by Crippen LogP contribution is -2.54. The molecule has 0 amide bonds. The molecular formula is C32H43NO2. The average Bonchev–Trinajstić information content (AvgIpc) is 3.48. The van der Waals surface area contributed by atoms with Gasteiger partial charge in [0.2, 0.25) is 0 Å². The number of anilines is 1. The Bertz CT molecular complexity index is 1010. The summed E-state index contributed by atoms with van der Waals surface area (Å²) in [7, 11) is 0. The summed E-state index contributed by atoms with van der Waals surface area (Å²) in [5.41, 5.74) is 4.41. The molecule has 0 aromatic heterocycles. The fourth-order valence-electron chi connectivity index (χ4n) is 8.95. The molecule has 4 aliphatic carbocycles. The SMILES string of the molecule is C#CC.CC12CCC(=O)C=C1CCC1C2C(c2ccc(N3CCCC3)cc2)CC2(C)C(O)CCC12. The molecular weight excluding hydrogens is 430 g/mol. The Morgan fingerprint density at radius 2 is 1.74 bits per heavy atom. The van der Waals surface area contributed by atoms with Gasteiger partial charge in [-0.25, -0.2) is 0 Å². The topological polar surface area (TPSA) is 40.5 Å². The monoisotopic (exact) mass is 473 g/mol. The Hall–Kier alpha value is -2.05. The van der Waals surface area contributed by atoms with Crippen LogP contribution in [0.5, 0.6) is 0 Å². The van der Waals surface area contributed by atoms with Crippen molar-refractivity contribution in [3.8, 4) is 12.3 Å². The summed E-state index contributed by atoms with van der Waals surface area (Å²) in [6.45, 7) is 8.87. The number of benzene rings is 1. The van der Waals surface area contributed by atoms with Crippen LogP contribution in [-0.2, 0) is 4.79 Å². The summed E-state index contributed by atoms with van der Waals surface area (Å²) >= 11 is 0. The largest absolute Gasteiger partial charge is 0.393 e. The van der Waals surface area contributed by atoms with Gasteiger partial charge in [0.1, 0.15) is 0 Å². The average molecular weight is 474 g/mol.